The fourth-order valence-electron chi connectivity index (χ4n) is 2.85. The van der Waals surface area contributed by atoms with E-state index in [1.807, 2.05) is 0 Å². The summed E-state index contributed by atoms with van der Waals surface area (Å²) in [5, 5.41) is 9.38. The van der Waals surface area contributed by atoms with E-state index in [9.17, 15) is 23.1 Å². The fourth-order valence-corrected chi connectivity index (χ4v) is 2.85. The number of alkyl halides is 3. The predicted octanol–water partition coefficient (Wildman–Crippen LogP) is 2.44. The molecule has 2 N–H and O–H groups in total. The molecule has 0 spiro atoms. The number of halogens is 3. The second-order valence-corrected chi connectivity index (χ2v) is 5.45. The van der Waals surface area contributed by atoms with Crippen LogP contribution in [0.3, 0.4) is 0 Å². The molecule has 122 valence electrons. The van der Waals surface area contributed by atoms with Crippen molar-refractivity contribution in [3.63, 3.8) is 0 Å². The number of fused-ring (bicyclic) bond motifs is 1. The van der Waals surface area contributed by atoms with E-state index < -0.39 is 23.8 Å². The molecule has 1 aliphatic heterocycles. The Morgan fingerprint density at radius 2 is 2.13 bits per heavy atom. The summed E-state index contributed by atoms with van der Waals surface area (Å²) in [6.07, 6.45) is -2.83. The van der Waals surface area contributed by atoms with Crippen LogP contribution in [0, 0.1) is 0 Å². The third kappa shape index (κ3) is 3.07. The van der Waals surface area contributed by atoms with Crippen LogP contribution in [0.1, 0.15) is 22.5 Å². The molecule has 2 heterocycles. The minimum Gasteiger partial charge on any atom is -0.480 e. The molecule has 0 unspecified atom stereocenters. The number of nitrogens with one attached hydrogen (secondary N) is 1. The van der Waals surface area contributed by atoms with Crippen LogP contribution in [0.5, 0.6) is 0 Å². The van der Waals surface area contributed by atoms with Crippen LogP contribution in [0.25, 0.3) is 0 Å². The maximum absolute atomic E-state index is 13.1. The monoisotopic (exact) mass is 325 g/mol. The summed E-state index contributed by atoms with van der Waals surface area (Å²) in [5.74, 6) is -1.07. The molecule has 1 aromatic heterocycles. The second kappa shape index (κ2) is 5.69. The highest BCUT2D eigenvalue weighted by Crippen LogP contribution is 2.33. The fraction of sp³-hybridized carbons (Fsp3) is 0.333. The number of carboxylic acid groups (broad SMARTS) is 1. The molecule has 1 aromatic carbocycles. The molecule has 0 bridgehead atoms. The van der Waals surface area contributed by atoms with Crippen LogP contribution in [0.4, 0.5) is 13.2 Å². The molecule has 1 atom stereocenters. The number of carboxylic acids is 1. The smallest absolute Gasteiger partial charge is 0.416 e. The minimum absolute atomic E-state index is 0.0641. The number of hydrogen-bond acceptors (Lipinski definition) is 3. The molecule has 8 heteroatoms. The topological polar surface area (TPSA) is 69.2 Å². The lowest BCUT2D eigenvalue weighted by Crippen LogP contribution is -2.45. The lowest BCUT2D eigenvalue weighted by atomic mass is 10.00. The molecular weight excluding hydrogens is 311 g/mol. The lowest BCUT2D eigenvalue weighted by Gasteiger charge is -2.32. The second-order valence-electron chi connectivity index (χ2n) is 5.45. The normalized spacial score (nSPS) is 18.7. The quantitative estimate of drug-likeness (QED) is 0.909. The van der Waals surface area contributed by atoms with Gasteiger partial charge in [-0.2, -0.15) is 13.2 Å². The van der Waals surface area contributed by atoms with Gasteiger partial charge in [0.15, 0.2) is 0 Å². The first-order valence-corrected chi connectivity index (χ1v) is 6.99. The van der Waals surface area contributed by atoms with Gasteiger partial charge in [-0.15, -0.1) is 0 Å². The molecule has 0 radical (unpaired) electrons. The standard InChI is InChI=1S/C15H14F3N3O2/c16-15(17,18)10-4-2-1-3-9(10)6-21-7-12-11(19-8-20-12)5-13(21)14(22)23/h1-4,8,13H,5-7H2,(H,19,20)(H,22,23)/t13-/m1/s1. The Bertz CT molecular complexity index is 727. The summed E-state index contributed by atoms with van der Waals surface area (Å²) < 4.78 is 39.3. The third-order valence-electron chi connectivity index (χ3n) is 3.98. The van der Waals surface area contributed by atoms with E-state index in [1.54, 1.807) is 0 Å². The molecule has 0 fully saturated rings. The van der Waals surface area contributed by atoms with Crippen molar-refractivity contribution in [3.8, 4) is 0 Å². The van der Waals surface area contributed by atoms with Gasteiger partial charge in [-0.05, 0) is 11.6 Å². The first-order chi connectivity index (χ1) is 10.9. The molecule has 3 rings (SSSR count). The molecule has 2 aromatic rings. The van der Waals surface area contributed by atoms with Crippen LogP contribution >= 0.6 is 0 Å². The third-order valence-corrected chi connectivity index (χ3v) is 3.98. The predicted molar refractivity (Wildman–Crippen MR) is 74.4 cm³/mol. The number of carbonyl (C=O) groups is 1. The zero-order valence-corrected chi connectivity index (χ0v) is 12.0. The van der Waals surface area contributed by atoms with E-state index in [1.165, 1.54) is 29.4 Å². The molecule has 0 aliphatic carbocycles. The summed E-state index contributed by atoms with van der Waals surface area (Å²) in [7, 11) is 0. The van der Waals surface area contributed by atoms with Gasteiger partial charge in [0.25, 0.3) is 0 Å². The van der Waals surface area contributed by atoms with Gasteiger partial charge in [-0.25, -0.2) is 4.98 Å². The van der Waals surface area contributed by atoms with Crippen molar-refractivity contribution in [2.75, 3.05) is 0 Å². The molecule has 1 aliphatic rings. The van der Waals surface area contributed by atoms with Crippen molar-refractivity contribution in [1.29, 1.82) is 0 Å². The van der Waals surface area contributed by atoms with Crippen molar-refractivity contribution in [3.05, 3.63) is 53.1 Å². The van der Waals surface area contributed by atoms with Gasteiger partial charge < -0.3 is 10.1 Å². The van der Waals surface area contributed by atoms with Crippen molar-refractivity contribution >= 4 is 5.97 Å². The van der Waals surface area contributed by atoms with E-state index >= 15 is 0 Å². The van der Waals surface area contributed by atoms with Gasteiger partial charge in [-0.3, -0.25) is 9.69 Å². The van der Waals surface area contributed by atoms with Crippen LogP contribution in [0.15, 0.2) is 30.6 Å². The Kier molecular flexibility index (Phi) is 3.85. The Morgan fingerprint density at radius 1 is 1.39 bits per heavy atom. The molecule has 5 nitrogen and oxygen atoms in total. The number of aromatic amines is 1. The van der Waals surface area contributed by atoms with Crippen LogP contribution < -0.4 is 0 Å². The van der Waals surface area contributed by atoms with Gasteiger partial charge in [0.2, 0.25) is 0 Å². The number of aliphatic carboxylic acids is 1. The maximum Gasteiger partial charge on any atom is 0.416 e. The molecule has 23 heavy (non-hydrogen) atoms. The SMILES string of the molecule is O=C(O)[C@H]1Cc2nc[nH]c2CN1Cc1ccccc1C(F)(F)F. The van der Waals surface area contributed by atoms with E-state index in [-0.39, 0.29) is 25.1 Å². The first-order valence-electron chi connectivity index (χ1n) is 6.99. The highest BCUT2D eigenvalue weighted by atomic mass is 19.4. The van der Waals surface area contributed by atoms with Crippen molar-refractivity contribution in [2.45, 2.75) is 31.7 Å². The maximum atomic E-state index is 13.1. The molecule has 0 saturated carbocycles. The zero-order valence-electron chi connectivity index (χ0n) is 12.0. The number of nitrogens with zero attached hydrogens (tertiary/aromatic N) is 2. The summed E-state index contributed by atoms with van der Waals surface area (Å²) in [6.45, 7) is 0.129. The van der Waals surface area contributed by atoms with E-state index in [2.05, 4.69) is 9.97 Å². The van der Waals surface area contributed by atoms with Gasteiger partial charge in [0.1, 0.15) is 6.04 Å². The average Bonchev–Trinajstić information content (AvgIpc) is 2.93. The molecular formula is C15H14F3N3O2. The Labute approximate surface area is 129 Å². The highest BCUT2D eigenvalue weighted by Gasteiger charge is 2.36. The number of rotatable bonds is 3. The van der Waals surface area contributed by atoms with Gasteiger partial charge in [0.05, 0.1) is 23.3 Å². The molecule has 0 saturated heterocycles. The summed E-state index contributed by atoms with van der Waals surface area (Å²) in [5.41, 5.74) is 0.721. The number of imidazole rings is 1. The summed E-state index contributed by atoms with van der Waals surface area (Å²) >= 11 is 0. The Hall–Kier alpha value is -2.35. The lowest BCUT2D eigenvalue weighted by molar-refractivity contribution is -0.144. The van der Waals surface area contributed by atoms with Crippen molar-refractivity contribution in [1.82, 2.24) is 14.9 Å². The molecule has 0 amide bonds. The number of aromatic nitrogens is 2. The van der Waals surface area contributed by atoms with Gasteiger partial charge in [-0.1, -0.05) is 18.2 Å². The Morgan fingerprint density at radius 3 is 2.83 bits per heavy atom. The van der Waals surface area contributed by atoms with Crippen LogP contribution in [-0.4, -0.2) is 32.0 Å². The van der Waals surface area contributed by atoms with Gasteiger partial charge >= 0.3 is 12.1 Å². The van der Waals surface area contributed by atoms with Crippen LogP contribution in [0.2, 0.25) is 0 Å². The summed E-state index contributed by atoms with van der Waals surface area (Å²) in [4.78, 5) is 20.0. The first kappa shape index (κ1) is 15.5. The Balaban J connectivity index is 1.91. The van der Waals surface area contributed by atoms with E-state index in [0.717, 1.165) is 11.8 Å². The number of hydrogen-bond donors (Lipinski definition) is 2. The number of H-pyrrole nitrogens is 1. The zero-order chi connectivity index (χ0) is 16.6. The van der Waals surface area contributed by atoms with E-state index in [4.69, 9.17) is 0 Å². The highest BCUT2D eigenvalue weighted by molar-refractivity contribution is 5.74. The van der Waals surface area contributed by atoms with E-state index in [0.29, 0.717) is 5.69 Å². The number of benzene rings is 1. The van der Waals surface area contributed by atoms with Crippen molar-refractivity contribution < 1.29 is 23.1 Å². The van der Waals surface area contributed by atoms with Crippen molar-refractivity contribution in [2.24, 2.45) is 0 Å². The van der Waals surface area contributed by atoms with Crippen LogP contribution in [-0.2, 0) is 30.5 Å². The van der Waals surface area contributed by atoms with Gasteiger partial charge in [0, 0.05) is 19.5 Å². The summed E-state index contributed by atoms with van der Waals surface area (Å²) in [6, 6.07) is 4.34. The minimum atomic E-state index is -4.47. The largest absolute Gasteiger partial charge is 0.480 e. The average molecular weight is 325 g/mol.